The fourth-order valence-corrected chi connectivity index (χ4v) is 1.80. The molecule has 1 fully saturated rings. The van der Waals surface area contributed by atoms with E-state index in [2.05, 4.69) is 4.18 Å². The van der Waals surface area contributed by atoms with E-state index in [4.69, 9.17) is 4.74 Å². The van der Waals surface area contributed by atoms with Crippen molar-refractivity contribution in [1.29, 1.82) is 0 Å². The van der Waals surface area contributed by atoms with E-state index in [1.165, 1.54) is 0 Å². The van der Waals surface area contributed by atoms with Crippen LogP contribution in [0.3, 0.4) is 0 Å². The summed E-state index contributed by atoms with van der Waals surface area (Å²) in [5, 5.41) is 0. The molecule has 1 heterocycles. The second-order valence-corrected chi connectivity index (χ2v) is 5.04. The van der Waals surface area contributed by atoms with Crippen molar-refractivity contribution in [1.82, 2.24) is 0 Å². The average Bonchev–Trinajstić information content (AvgIpc) is 2.04. The van der Waals surface area contributed by atoms with E-state index in [1.54, 1.807) is 0 Å². The van der Waals surface area contributed by atoms with Gasteiger partial charge < -0.3 is 4.74 Å². The summed E-state index contributed by atoms with van der Waals surface area (Å²) in [6.07, 6.45) is 4.04. The lowest BCUT2D eigenvalue weighted by Gasteiger charge is -2.21. The summed E-state index contributed by atoms with van der Waals surface area (Å²) in [6, 6.07) is 0. The van der Waals surface area contributed by atoms with Gasteiger partial charge in [0.1, 0.15) is 0 Å². The van der Waals surface area contributed by atoms with Crippen LogP contribution in [0.5, 0.6) is 0 Å². The van der Waals surface area contributed by atoms with Gasteiger partial charge in [0.05, 0.1) is 12.9 Å². The first-order valence-corrected chi connectivity index (χ1v) is 6.32. The molecule has 0 bridgehead atoms. The van der Waals surface area contributed by atoms with Gasteiger partial charge in [0, 0.05) is 13.2 Å². The zero-order chi connectivity index (χ0) is 9.73. The van der Waals surface area contributed by atoms with Crippen molar-refractivity contribution in [3.63, 3.8) is 0 Å². The van der Waals surface area contributed by atoms with Crippen LogP contribution in [0, 0.1) is 5.92 Å². The molecular formula is C8H16O4S. The number of rotatable bonds is 4. The molecule has 0 amide bonds. The van der Waals surface area contributed by atoms with Crippen LogP contribution in [0.15, 0.2) is 0 Å². The molecular weight excluding hydrogens is 192 g/mol. The molecule has 1 atom stereocenters. The fourth-order valence-electron chi connectivity index (χ4n) is 1.40. The molecule has 1 rings (SSSR count). The Kier molecular flexibility index (Phi) is 4.15. The summed E-state index contributed by atoms with van der Waals surface area (Å²) < 4.78 is 31.1. The highest BCUT2D eigenvalue weighted by Gasteiger charge is 2.14. The van der Waals surface area contributed by atoms with Gasteiger partial charge in [0.2, 0.25) is 0 Å². The van der Waals surface area contributed by atoms with Gasteiger partial charge in [-0.1, -0.05) is 0 Å². The van der Waals surface area contributed by atoms with Crippen LogP contribution < -0.4 is 0 Å². The molecule has 0 aliphatic carbocycles. The summed E-state index contributed by atoms with van der Waals surface area (Å²) in [6.45, 7) is 1.86. The third kappa shape index (κ3) is 5.23. The topological polar surface area (TPSA) is 52.6 Å². The highest BCUT2D eigenvalue weighted by molar-refractivity contribution is 7.85. The predicted molar refractivity (Wildman–Crippen MR) is 49.0 cm³/mol. The number of hydrogen-bond acceptors (Lipinski definition) is 4. The molecule has 0 radical (unpaired) electrons. The quantitative estimate of drug-likeness (QED) is 0.641. The molecule has 13 heavy (non-hydrogen) atoms. The SMILES string of the molecule is CS(=O)(=O)OCCC1CCCOC1. The van der Waals surface area contributed by atoms with Crippen molar-refractivity contribution >= 4 is 10.1 Å². The molecule has 78 valence electrons. The smallest absolute Gasteiger partial charge is 0.264 e. The molecule has 4 nitrogen and oxygen atoms in total. The van der Waals surface area contributed by atoms with Crippen LogP contribution in [-0.2, 0) is 19.0 Å². The molecule has 5 heteroatoms. The van der Waals surface area contributed by atoms with Crippen molar-refractivity contribution in [3.05, 3.63) is 0 Å². The lowest BCUT2D eigenvalue weighted by Crippen LogP contribution is -2.19. The zero-order valence-electron chi connectivity index (χ0n) is 7.86. The molecule has 0 saturated carbocycles. The Morgan fingerprint density at radius 3 is 2.85 bits per heavy atom. The molecule has 0 spiro atoms. The van der Waals surface area contributed by atoms with E-state index < -0.39 is 10.1 Å². The Morgan fingerprint density at radius 1 is 1.54 bits per heavy atom. The summed E-state index contributed by atoms with van der Waals surface area (Å²) in [5.74, 6) is 0.468. The number of ether oxygens (including phenoxy) is 1. The molecule has 1 saturated heterocycles. The van der Waals surface area contributed by atoms with Crippen LogP contribution in [0.4, 0.5) is 0 Å². The minimum absolute atomic E-state index is 0.285. The van der Waals surface area contributed by atoms with Gasteiger partial charge >= 0.3 is 0 Å². The second kappa shape index (κ2) is 4.93. The largest absolute Gasteiger partial charge is 0.381 e. The van der Waals surface area contributed by atoms with Crippen molar-refractivity contribution in [2.75, 3.05) is 26.1 Å². The van der Waals surface area contributed by atoms with Crippen molar-refractivity contribution < 1.29 is 17.3 Å². The molecule has 1 unspecified atom stereocenters. The summed E-state index contributed by atoms with van der Waals surface area (Å²) >= 11 is 0. The summed E-state index contributed by atoms with van der Waals surface area (Å²) in [4.78, 5) is 0. The molecule has 1 aliphatic heterocycles. The van der Waals surface area contributed by atoms with Crippen LogP contribution >= 0.6 is 0 Å². The Labute approximate surface area is 79.3 Å². The molecule has 0 aromatic rings. The minimum Gasteiger partial charge on any atom is -0.381 e. The highest BCUT2D eigenvalue weighted by atomic mass is 32.2. The van der Waals surface area contributed by atoms with Crippen molar-refractivity contribution in [3.8, 4) is 0 Å². The third-order valence-corrected chi connectivity index (χ3v) is 2.67. The van der Waals surface area contributed by atoms with E-state index in [0.717, 1.165) is 38.7 Å². The van der Waals surface area contributed by atoms with E-state index in [0.29, 0.717) is 5.92 Å². The van der Waals surface area contributed by atoms with Gasteiger partial charge in [-0.15, -0.1) is 0 Å². The van der Waals surface area contributed by atoms with Gasteiger partial charge in [-0.25, -0.2) is 0 Å². The van der Waals surface area contributed by atoms with Crippen molar-refractivity contribution in [2.45, 2.75) is 19.3 Å². The van der Waals surface area contributed by atoms with Gasteiger partial charge in [-0.2, -0.15) is 8.42 Å². The Morgan fingerprint density at radius 2 is 2.31 bits per heavy atom. The van der Waals surface area contributed by atoms with E-state index in [-0.39, 0.29) is 6.61 Å². The van der Waals surface area contributed by atoms with Gasteiger partial charge in [-0.3, -0.25) is 4.18 Å². The van der Waals surface area contributed by atoms with Crippen LogP contribution in [0.25, 0.3) is 0 Å². The van der Waals surface area contributed by atoms with Gasteiger partial charge in [0.15, 0.2) is 0 Å². The third-order valence-electron chi connectivity index (χ3n) is 2.08. The predicted octanol–water partition coefficient (Wildman–Crippen LogP) is 0.779. The second-order valence-electron chi connectivity index (χ2n) is 3.40. The molecule has 0 aromatic carbocycles. The Bertz CT molecular complexity index is 229. The standard InChI is InChI=1S/C8H16O4S/c1-13(9,10)12-6-4-8-3-2-5-11-7-8/h8H,2-7H2,1H3. The molecule has 0 aromatic heterocycles. The molecule has 1 aliphatic rings. The van der Waals surface area contributed by atoms with Crippen LogP contribution in [-0.4, -0.2) is 34.5 Å². The van der Waals surface area contributed by atoms with E-state index in [1.807, 2.05) is 0 Å². The maximum Gasteiger partial charge on any atom is 0.264 e. The summed E-state index contributed by atoms with van der Waals surface area (Å²) in [7, 11) is -3.27. The monoisotopic (exact) mass is 208 g/mol. The zero-order valence-corrected chi connectivity index (χ0v) is 8.68. The molecule has 0 N–H and O–H groups in total. The minimum atomic E-state index is -3.27. The first-order valence-electron chi connectivity index (χ1n) is 4.50. The lowest BCUT2D eigenvalue weighted by molar-refractivity contribution is 0.0466. The maximum absolute atomic E-state index is 10.6. The normalized spacial score (nSPS) is 24.5. The van der Waals surface area contributed by atoms with Gasteiger partial charge in [0.25, 0.3) is 10.1 Å². The lowest BCUT2D eigenvalue weighted by atomic mass is 9.99. The number of hydrogen-bond donors (Lipinski definition) is 0. The van der Waals surface area contributed by atoms with E-state index in [9.17, 15) is 8.42 Å². The fraction of sp³-hybridized carbons (Fsp3) is 1.00. The summed E-state index contributed by atoms with van der Waals surface area (Å²) in [5.41, 5.74) is 0. The highest BCUT2D eigenvalue weighted by Crippen LogP contribution is 2.17. The van der Waals surface area contributed by atoms with Crippen LogP contribution in [0.1, 0.15) is 19.3 Å². The van der Waals surface area contributed by atoms with E-state index >= 15 is 0 Å². The average molecular weight is 208 g/mol. The Hall–Kier alpha value is -0.130. The van der Waals surface area contributed by atoms with Gasteiger partial charge in [-0.05, 0) is 25.2 Å². The van der Waals surface area contributed by atoms with Crippen molar-refractivity contribution in [2.24, 2.45) is 5.92 Å². The first kappa shape index (κ1) is 10.9. The maximum atomic E-state index is 10.6. The van der Waals surface area contributed by atoms with Crippen LogP contribution in [0.2, 0.25) is 0 Å². The first-order chi connectivity index (χ1) is 6.08. The Balaban J connectivity index is 2.11.